The van der Waals surface area contributed by atoms with E-state index in [1.807, 2.05) is 18.2 Å². The van der Waals surface area contributed by atoms with Crippen molar-refractivity contribution in [2.45, 2.75) is 6.42 Å². The molecule has 1 aliphatic rings. The van der Waals surface area contributed by atoms with E-state index in [4.69, 9.17) is 4.74 Å². The zero-order chi connectivity index (χ0) is 13.9. The zero-order valence-electron chi connectivity index (χ0n) is 11.1. The molecular formula is C17H14BrNO. The Morgan fingerprint density at radius 3 is 2.85 bits per heavy atom. The molecule has 0 fully saturated rings. The van der Waals surface area contributed by atoms with Gasteiger partial charge in [0, 0.05) is 4.47 Å². The molecule has 1 aromatic heterocycles. The number of aromatic nitrogens is 1. The van der Waals surface area contributed by atoms with Crippen molar-refractivity contribution in [1.29, 1.82) is 0 Å². The van der Waals surface area contributed by atoms with E-state index in [2.05, 4.69) is 51.3 Å². The summed E-state index contributed by atoms with van der Waals surface area (Å²) in [6.07, 6.45) is 9.09. The molecule has 0 amide bonds. The predicted octanol–water partition coefficient (Wildman–Crippen LogP) is 4.51. The summed E-state index contributed by atoms with van der Waals surface area (Å²) in [5.41, 5.74) is 4.90. The SMILES string of the molecule is COc1ccc(/C=C/C2=Cc3ccc(Br)cc3C2)nc1. The molecule has 0 aliphatic heterocycles. The maximum atomic E-state index is 5.10. The van der Waals surface area contributed by atoms with E-state index in [0.29, 0.717) is 0 Å². The third-order valence-corrected chi connectivity index (χ3v) is 3.80. The monoisotopic (exact) mass is 327 g/mol. The molecule has 20 heavy (non-hydrogen) atoms. The number of hydrogen-bond donors (Lipinski definition) is 0. The predicted molar refractivity (Wildman–Crippen MR) is 85.6 cm³/mol. The average Bonchev–Trinajstić information content (AvgIpc) is 2.87. The van der Waals surface area contributed by atoms with Crippen LogP contribution in [-0.4, -0.2) is 12.1 Å². The minimum atomic E-state index is 0.777. The van der Waals surface area contributed by atoms with E-state index in [1.165, 1.54) is 16.7 Å². The number of hydrogen-bond acceptors (Lipinski definition) is 2. The van der Waals surface area contributed by atoms with Gasteiger partial charge in [-0.15, -0.1) is 0 Å². The van der Waals surface area contributed by atoms with Gasteiger partial charge >= 0.3 is 0 Å². The summed E-state index contributed by atoms with van der Waals surface area (Å²) in [6.45, 7) is 0. The van der Waals surface area contributed by atoms with Crippen LogP contribution in [0.1, 0.15) is 16.8 Å². The smallest absolute Gasteiger partial charge is 0.137 e. The molecule has 3 heteroatoms. The van der Waals surface area contributed by atoms with Crippen LogP contribution in [0, 0.1) is 0 Å². The number of ether oxygens (including phenoxy) is 1. The van der Waals surface area contributed by atoms with Gasteiger partial charge in [-0.3, -0.25) is 4.98 Å². The van der Waals surface area contributed by atoms with E-state index in [1.54, 1.807) is 13.3 Å². The van der Waals surface area contributed by atoms with E-state index in [0.717, 1.165) is 22.3 Å². The molecule has 2 nitrogen and oxygen atoms in total. The highest BCUT2D eigenvalue weighted by atomic mass is 79.9. The van der Waals surface area contributed by atoms with Gasteiger partial charge in [-0.05, 0) is 53.5 Å². The van der Waals surface area contributed by atoms with Crippen LogP contribution in [0.15, 0.2) is 52.7 Å². The Bertz CT molecular complexity index is 687. The lowest BCUT2D eigenvalue weighted by Gasteiger charge is -1.99. The molecule has 0 bridgehead atoms. The van der Waals surface area contributed by atoms with Gasteiger partial charge in [0.25, 0.3) is 0 Å². The first-order valence-corrected chi connectivity index (χ1v) is 7.21. The van der Waals surface area contributed by atoms with Crippen molar-refractivity contribution in [3.05, 3.63) is 69.5 Å². The fraction of sp³-hybridized carbons (Fsp3) is 0.118. The molecule has 2 aromatic rings. The molecular weight excluding hydrogens is 314 g/mol. The van der Waals surface area contributed by atoms with Crippen LogP contribution in [0.3, 0.4) is 0 Å². The molecule has 1 aromatic carbocycles. The Morgan fingerprint density at radius 1 is 1.20 bits per heavy atom. The zero-order valence-corrected chi connectivity index (χ0v) is 12.7. The lowest BCUT2D eigenvalue weighted by molar-refractivity contribution is 0.413. The van der Waals surface area contributed by atoms with Crippen molar-refractivity contribution < 1.29 is 4.74 Å². The largest absolute Gasteiger partial charge is 0.495 e. The van der Waals surface area contributed by atoms with Crippen molar-refractivity contribution in [3.63, 3.8) is 0 Å². The quantitative estimate of drug-likeness (QED) is 0.827. The van der Waals surface area contributed by atoms with Crippen LogP contribution in [0.4, 0.5) is 0 Å². The Balaban J connectivity index is 1.74. The number of methoxy groups -OCH3 is 1. The number of fused-ring (bicyclic) bond motifs is 1. The summed E-state index contributed by atoms with van der Waals surface area (Å²) >= 11 is 3.51. The van der Waals surface area contributed by atoms with E-state index in [-0.39, 0.29) is 0 Å². The summed E-state index contributed by atoms with van der Waals surface area (Å²) in [5, 5.41) is 0. The highest BCUT2D eigenvalue weighted by Gasteiger charge is 2.10. The number of allylic oxidation sites excluding steroid dienone is 2. The van der Waals surface area contributed by atoms with Gasteiger partial charge in [0.1, 0.15) is 5.75 Å². The Morgan fingerprint density at radius 2 is 2.10 bits per heavy atom. The lowest BCUT2D eigenvalue weighted by atomic mass is 10.1. The van der Waals surface area contributed by atoms with Crippen LogP contribution in [0.25, 0.3) is 12.2 Å². The minimum absolute atomic E-state index is 0.777. The summed E-state index contributed by atoms with van der Waals surface area (Å²) in [5.74, 6) is 0.777. The molecule has 0 unspecified atom stereocenters. The Labute approximate surface area is 126 Å². The van der Waals surface area contributed by atoms with Crippen LogP contribution in [-0.2, 0) is 6.42 Å². The Kier molecular flexibility index (Phi) is 3.70. The van der Waals surface area contributed by atoms with Gasteiger partial charge in [-0.2, -0.15) is 0 Å². The molecule has 1 aliphatic carbocycles. The van der Waals surface area contributed by atoms with Crippen molar-refractivity contribution in [2.75, 3.05) is 7.11 Å². The minimum Gasteiger partial charge on any atom is -0.495 e. The van der Waals surface area contributed by atoms with Gasteiger partial charge in [0.05, 0.1) is 19.0 Å². The number of halogens is 1. The molecule has 0 saturated heterocycles. The van der Waals surface area contributed by atoms with Crippen molar-refractivity contribution >= 4 is 28.1 Å². The molecule has 0 N–H and O–H groups in total. The maximum Gasteiger partial charge on any atom is 0.137 e. The maximum absolute atomic E-state index is 5.10. The van der Waals surface area contributed by atoms with Crippen molar-refractivity contribution in [3.8, 4) is 5.75 Å². The van der Waals surface area contributed by atoms with Crippen molar-refractivity contribution in [2.24, 2.45) is 0 Å². The van der Waals surface area contributed by atoms with Gasteiger partial charge < -0.3 is 4.74 Å². The third kappa shape index (κ3) is 2.83. The van der Waals surface area contributed by atoms with E-state index in [9.17, 15) is 0 Å². The summed E-state index contributed by atoms with van der Waals surface area (Å²) in [7, 11) is 1.64. The standard InChI is InChI=1S/C17H14BrNO/c1-20-17-7-6-16(19-11-17)5-2-12-8-13-3-4-15(18)10-14(13)9-12/h2-8,10-11H,9H2,1H3/b5-2+. The van der Waals surface area contributed by atoms with Crippen LogP contribution < -0.4 is 4.74 Å². The van der Waals surface area contributed by atoms with Crippen LogP contribution in [0.5, 0.6) is 5.75 Å². The van der Waals surface area contributed by atoms with Gasteiger partial charge in [0.2, 0.25) is 0 Å². The molecule has 0 radical (unpaired) electrons. The second kappa shape index (κ2) is 5.63. The van der Waals surface area contributed by atoms with Gasteiger partial charge in [0.15, 0.2) is 0 Å². The molecule has 100 valence electrons. The fourth-order valence-electron chi connectivity index (χ4n) is 2.25. The van der Waals surface area contributed by atoms with Crippen LogP contribution in [0.2, 0.25) is 0 Å². The van der Waals surface area contributed by atoms with Gasteiger partial charge in [-0.1, -0.05) is 34.1 Å². The summed E-state index contributed by atoms with van der Waals surface area (Å²) < 4.78 is 6.23. The highest BCUT2D eigenvalue weighted by Crippen LogP contribution is 2.28. The molecule has 0 spiro atoms. The first-order chi connectivity index (χ1) is 9.74. The average molecular weight is 328 g/mol. The topological polar surface area (TPSA) is 22.1 Å². The summed E-state index contributed by atoms with van der Waals surface area (Å²) in [6, 6.07) is 10.3. The third-order valence-electron chi connectivity index (χ3n) is 3.30. The molecule has 3 rings (SSSR count). The number of rotatable bonds is 3. The normalized spacial score (nSPS) is 13.4. The summed E-state index contributed by atoms with van der Waals surface area (Å²) in [4.78, 5) is 4.33. The first-order valence-electron chi connectivity index (χ1n) is 6.42. The van der Waals surface area contributed by atoms with Gasteiger partial charge in [-0.25, -0.2) is 0 Å². The van der Waals surface area contributed by atoms with Crippen LogP contribution >= 0.6 is 15.9 Å². The second-order valence-corrected chi connectivity index (χ2v) is 5.61. The lowest BCUT2D eigenvalue weighted by Crippen LogP contribution is -1.86. The van der Waals surface area contributed by atoms with E-state index < -0.39 is 0 Å². The Hall–Kier alpha value is -1.87. The highest BCUT2D eigenvalue weighted by molar-refractivity contribution is 9.10. The number of nitrogens with zero attached hydrogens (tertiary/aromatic N) is 1. The number of pyridine rings is 1. The fourth-order valence-corrected chi connectivity index (χ4v) is 2.66. The molecule has 0 atom stereocenters. The van der Waals surface area contributed by atoms with Crippen molar-refractivity contribution in [1.82, 2.24) is 4.98 Å². The van der Waals surface area contributed by atoms with E-state index >= 15 is 0 Å². The molecule has 1 heterocycles. The molecule has 0 saturated carbocycles. The first kappa shape index (κ1) is 13.1. The number of benzene rings is 1. The second-order valence-electron chi connectivity index (χ2n) is 4.70.